The summed E-state index contributed by atoms with van der Waals surface area (Å²) in [5, 5.41) is 14.3. The Balaban J connectivity index is 2.33. The molecule has 0 spiro atoms. The molecule has 0 heterocycles. The Kier molecular flexibility index (Phi) is 8.53. The summed E-state index contributed by atoms with van der Waals surface area (Å²) in [6, 6.07) is 15.0. The van der Waals surface area contributed by atoms with Crippen LogP contribution in [0.2, 0.25) is 0 Å². The van der Waals surface area contributed by atoms with Crippen molar-refractivity contribution in [2.24, 2.45) is 0 Å². The van der Waals surface area contributed by atoms with E-state index in [1.54, 1.807) is 18.2 Å². The number of nitro benzene ring substituents is 1. The van der Waals surface area contributed by atoms with E-state index >= 15 is 0 Å². The van der Waals surface area contributed by atoms with Gasteiger partial charge in [0.25, 0.3) is 5.69 Å². The number of nitro groups is 1. The topological polar surface area (TPSA) is 92.6 Å². The largest absolute Gasteiger partial charge is 0.352 e. The predicted octanol–water partition coefficient (Wildman–Crippen LogP) is 3.86. The van der Waals surface area contributed by atoms with Gasteiger partial charge < -0.3 is 10.2 Å². The molecular formula is C23H29N3O4. The Morgan fingerprint density at radius 2 is 1.67 bits per heavy atom. The standard InChI is InChI=1S/C23H29N3O4/c1-4-17(3)24-23(28)20(5-2)25(16-18-11-7-6-8-12-18)22(27)15-19-13-9-10-14-21(19)26(29)30/h6-14,17,20H,4-5,15-16H2,1-3H3,(H,24,28). The van der Waals surface area contributed by atoms with Crippen LogP contribution in [0.15, 0.2) is 54.6 Å². The molecule has 0 fully saturated rings. The van der Waals surface area contributed by atoms with E-state index < -0.39 is 11.0 Å². The van der Waals surface area contributed by atoms with Crippen molar-refractivity contribution >= 4 is 17.5 Å². The highest BCUT2D eigenvalue weighted by molar-refractivity contribution is 5.89. The van der Waals surface area contributed by atoms with E-state index in [1.165, 1.54) is 11.0 Å². The molecule has 1 N–H and O–H groups in total. The predicted molar refractivity (Wildman–Crippen MR) is 116 cm³/mol. The monoisotopic (exact) mass is 411 g/mol. The fraction of sp³-hybridized carbons (Fsp3) is 0.391. The molecule has 2 aromatic rings. The molecule has 2 rings (SSSR count). The zero-order valence-corrected chi connectivity index (χ0v) is 17.7. The van der Waals surface area contributed by atoms with Crippen LogP contribution in [0.1, 0.15) is 44.7 Å². The highest BCUT2D eigenvalue weighted by Crippen LogP contribution is 2.21. The smallest absolute Gasteiger partial charge is 0.273 e. The number of nitrogens with one attached hydrogen (secondary N) is 1. The first-order valence-electron chi connectivity index (χ1n) is 10.2. The number of hydrogen-bond donors (Lipinski definition) is 1. The first kappa shape index (κ1) is 23.1. The van der Waals surface area contributed by atoms with E-state index in [1.807, 2.05) is 51.1 Å². The van der Waals surface area contributed by atoms with Crippen LogP contribution < -0.4 is 5.32 Å². The first-order chi connectivity index (χ1) is 14.4. The summed E-state index contributed by atoms with van der Waals surface area (Å²) in [6.45, 7) is 6.01. The summed E-state index contributed by atoms with van der Waals surface area (Å²) in [4.78, 5) is 38.5. The van der Waals surface area contributed by atoms with E-state index in [9.17, 15) is 19.7 Å². The van der Waals surface area contributed by atoms with Gasteiger partial charge in [-0.05, 0) is 25.3 Å². The normalized spacial score (nSPS) is 12.6. The third-order valence-electron chi connectivity index (χ3n) is 5.11. The van der Waals surface area contributed by atoms with Crippen molar-refractivity contribution in [3.05, 3.63) is 75.8 Å². The molecule has 2 amide bonds. The summed E-state index contributed by atoms with van der Waals surface area (Å²) in [7, 11) is 0. The molecule has 0 radical (unpaired) electrons. The van der Waals surface area contributed by atoms with Gasteiger partial charge in [0.15, 0.2) is 0 Å². The molecule has 7 nitrogen and oxygen atoms in total. The van der Waals surface area contributed by atoms with Crippen LogP contribution in [0, 0.1) is 10.1 Å². The van der Waals surface area contributed by atoms with Gasteiger partial charge in [0, 0.05) is 24.2 Å². The molecular weight excluding hydrogens is 382 g/mol. The molecule has 0 saturated heterocycles. The molecule has 30 heavy (non-hydrogen) atoms. The van der Waals surface area contributed by atoms with Gasteiger partial charge in [-0.3, -0.25) is 19.7 Å². The van der Waals surface area contributed by atoms with E-state index in [-0.39, 0.29) is 36.5 Å². The van der Waals surface area contributed by atoms with Crippen molar-refractivity contribution in [1.29, 1.82) is 0 Å². The lowest BCUT2D eigenvalue weighted by Gasteiger charge is -2.31. The Morgan fingerprint density at radius 1 is 1.03 bits per heavy atom. The second-order valence-corrected chi connectivity index (χ2v) is 7.31. The van der Waals surface area contributed by atoms with Crippen LogP contribution in [-0.4, -0.2) is 33.7 Å². The molecule has 0 aliphatic rings. The molecule has 0 saturated carbocycles. The van der Waals surface area contributed by atoms with Crippen LogP contribution >= 0.6 is 0 Å². The summed E-state index contributed by atoms with van der Waals surface area (Å²) >= 11 is 0. The second kappa shape index (κ2) is 11.1. The molecule has 0 bridgehead atoms. The van der Waals surface area contributed by atoms with Crippen LogP contribution in [0.3, 0.4) is 0 Å². The van der Waals surface area contributed by atoms with E-state index in [2.05, 4.69) is 5.32 Å². The lowest BCUT2D eigenvalue weighted by Crippen LogP contribution is -2.51. The number of para-hydroxylation sites is 1. The van der Waals surface area contributed by atoms with Gasteiger partial charge in [0.05, 0.1) is 11.3 Å². The highest BCUT2D eigenvalue weighted by atomic mass is 16.6. The molecule has 7 heteroatoms. The van der Waals surface area contributed by atoms with Crippen molar-refractivity contribution < 1.29 is 14.5 Å². The summed E-state index contributed by atoms with van der Waals surface area (Å²) in [5.74, 6) is -0.530. The van der Waals surface area contributed by atoms with Crippen molar-refractivity contribution in [2.45, 2.75) is 58.7 Å². The first-order valence-corrected chi connectivity index (χ1v) is 10.2. The second-order valence-electron chi connectivity index (χ2n) is 7.31. The minimum atomic E-state index is -0.658. The zero-order valence-electron chi connectivity index (χ0n) is 17.7. The van der Waals surface area contributed by atoms with Gasteiger partial charge in [0.2, 0.25) is 11.8 Å². The quantitative estimate of drug-likeness (QED) is 0.475. The lowest BCUT2D eigenvalue weighted by atomic mass is 10.0. The van der Waals surface area contributed by atoms with Gasteiger partial charge in [-0.15, -0.1) is 0 Å². The number of carbonyl (C=O) groups is 2. The maximum Gasteiger partial charge on any atom is 0.273 e. The number of benzene rings is 2. The van der Waals surface area contributed by atoms with Crippen LogP contribution in [0.4, 0.5) is 5.69 Å². The third kappa shape index (κ3) is 6.14. The average Bonchev–Trinajstić information content (AvgIpc) is 2.74. The molecule has 0 aliphatic heterocycles. The fourth-order valence-electron chi connectivity index (χ4n) is 3.24. The van der Waals surface area contributed by atoms with Crippen LogP contribution in [0.25, 0.3) is 0 Å². The minimum Gasteiger partial charge on any atom is -0.352 e. The number of rotatable bonds is 10. The van der Waals surface area contributed by atoms with Gasteiger partial charge in [-0.25, -0.2) is 0 Å². The van der Waals surface area contributed by atoms with Crippen molar-refractivity contribution in [2.75, 3.05) is 0 Å². The van der Waals surface area contributed by atoms with Gasteiger partial charge >= 0.3 is 0 Å². The maximum absolute atomic E-state index is 13.3. The number of nitrogens with zero attached hydrogens (tertiary/aromatic N) is 2. The number of hydrogen-bond acceptors (Lipinski definition) is 4. The lowest BCUT2D eigenvalue weighted by molar-refractivity contribution is -0.385. The molecule has 0 aliphatic carbocycles. The van der Waals surface area contributed by atoms with Gasteiger partial charge in [-0.1, -0.05) is 62.4 Å². The SMILES string of the molecule is CCC(C)NC(=O)C(CC)N(Cc1ccccc1)C(=O)Cc1ccccc1[N+](=O)[O-]. The van der Waals surface area contributed by atoms with E-state index in [4.69, 9.17) is 0 Å². The highest BCUT2D eigenvalue weighted by Gasteiger charge is 2.30. The minimum absolute atomic E-state index is 0.00422. The average molecular weight is 412 g/mol. The summed E-state index contributed by atoms with van der Waals surface area (Å²) in [5.41, 5.74) is 1.13. The zero-order chi connectivity index (χ0) is 22.1. The Morgan fingerprint density at radius 3 is 2.27 bits per heavy atom. The fourth-order valence-corrected chi connectivity index (χ4v) is 3.24. The number of carbonyl (C=O) groups excluding carboxylic acids is 2. The third-order valence-corrected chi connectivity index (χ3v) is 5.11. The van der Waals surface area contributed by atoms with Gasteiger partial charge in [-0.2, -0.15) is 0 Å². The maximum atomic E-state index is 13.3. The summed E-state index contributed by atoms with van der Waals surface area (Å²) < 4.78 is 0. The van der Waals surface area contributed by atoms with E-state index in [0.29, 0.717) is 12.0 Å². The van der Waals surface area contributed by atoms with Crippen molar-refractivity contribution in [3.8, 4) is 0 Å². The van der Waals surface area contributed by atoms with Crippen LogP contribution in [0.5, 0.6) is 0 Å². The van der Waals surface area contributed by atoms with Crippen LogP contribution in [-0.2, 0) is 22.6 Å². The molecule has 2 unspecified atom stereocenters. The molecule has 160 valence electrons. The molecule has 2 aromatic carbocycles. The summed E-state index contributed by atoms with van der Waals surface area (Å²) in [6.07, 6.45) is 1.08. The van der Waals surface area contributed by atoms with Crippen molar-refractivity contribution in [3.63, 3.8) is 0 Å². The Bertz CT molecular complexity index is 870. The Hall–Kier alpha value is -3.22. The molecule has 0 aromatic heterocycles. The number of amides is 2. The Labute approximate surface area is 177 Å². The van der Waals surface area contributed by atoms with Crippen molar-refractivity contribution in [1.82, 2.24) is 10.2 Å². The van der Waals surface area contributed by atoms with E-state index in [0.717, 1.165) is 12.0 Å². The van der Waals surface area contributed by atoms with Gasteiger partial charge in [0.1, 0.15) is 6.04 Å². The molecule has 2 atom stereocenters.